The molecule has 5 N–H and O–H groups in total. The molecule has 0 aliphatic carbocycles. The van der Waals surface area contributed by atoms with Gasteiger partial charge in [-0.05, 0) is 78.1 Å². The molecule has 0 fully saturated rings. The van der Waals surface area contributed by atoms with Crippen LogP contribution in [-0.4, -0.2) is 21.6 Å². The minimum absolute atomic E-state index is 0.152. The van der Waals surface area contributed by atoms with Crippen molar-refractivity contribution in [3.63, 3.8) is 0 Å². The molecule has 2 heterocycles. The number of primary amides is 1. The monoisotopic (exact) mass is 473 g/mol. The van der Waals surface area contributed by atoms with Crippen molar-refractivity contribution in [3.8, 4) is 21.6 Å². The van der Waals surface area contributed by atoms with E-state index >= 15 is 0 Å². The molecule has 0 saturated heterocycles. The van der Waals surface area contributed by atoms with Gasteiger partial charge in [-0.2, -0.15) is 5.10 Å². The molecule has 2 aromatic heterocycles. The van der Waals surface area contributed by atoms with Gasteiger partial charge in [-0.1, -0.05) is 12.1 Å². The number of thiophene rings is 1. The summed E-state index contributed by atoms with van der Waals surface area (Å²) in [5.74, 6) is -0.601. The predicted octanol–water partition coefficient (Wildman–Crippen LogP) is 4.17. The molecule has 34 heavy (non-hydrogen) atoms. The first-order valence-electron chi connectivity index (χ1n) is 10.9. The van der Waals surface area contributed by atoms with Crippen molar-refractivity contribution in [2.75, 3.05) is 0 Å². The number of benzene rings is 2. The topological polar surface area (TPSA) is 116 Å². The van der Waals surface area contributed by atoms with Crippen molar-refractivity contribution in [1.82, 2.24) is 15.1 Å². The van der Waals surface area contributed by atoms with Crippen LogP contribution in [0.1, 0.15) is 49.7 Å². The Morgan fingerprint density at radius 2 is 1.85 bits per heavy atom. The van der Waals surface area contributed by atoms with Crippen molar-refractivity contribution in [2.45, 2.75) is 26.4 Å². The van der Waals surface area contributed by atoms with Crippen LogP contribution in [0.15, 0.2) is 60.9 Å². The van der Waals surface area contributed by atoms with Gasteiger partial charge in [0.25, 0.3) is 11.8 Å². The fourth-order valence-corrected chi connectivity index (χ4v) is 4.65. The van der Waals surface area contributed by atoms with Gasteiger partial charge in [0.05, 0.1) is 17.1 Å². The summed E-state index contributed by atoms with van der Waals surface area (Å²) in [7, 11) is 1.87. The van der Waals surface area contributed by atoms with Crippen molar-refractivity contribution >= 4 is 23.2 Å². The Morgan fingerprint density at radius 1 is 1.09 bits per heavy atom. The van der Waals surface area contributed by atoms with E-state index in [0.717, 1.165) is 38.3 Å². The minimum atomic E-state index is -0.449. The van der Waals surface area contributed by atoms with Gasteiger partial charge in [-0.15, -0.1) is 11.3 Å². The molecule has 0 bridgehead atoms. The van der Waals surface area contributed by atoms with Gasteiger partial charge in [0.15, 0.2) is 0 Å². The van der Waals surface area contributed by atoms with Crippen LogP contribution >= 0.6 is 11.3 Å². The Labute approximate surface area is 202 Å². The highest BCUT2D eigenvalue weighted by Gasteiger charge is 2.17. The van der Waals surface area contributed by atoms with Gasteiger partial charge in [0.1, 0.15) is 0 Å². The summed E-state index contributed by atoms with van der Waals surface area (Å²) in [6, 6.07) is 15.2. The third-order valence-electron chi connectivity index (χ3n) is 5.76. The molecular formula is C26H27N5O2S. The zero-order valence-electron chi connectivity index (χ0n) is 19.3. The summed E-state index contributed by atoms with van der Waals surface area (Å²) in [6.07, 6.45) is 3.74. The zero-order valence-corrected chi connectivity index (χ0v) is 20.1. The van der Waals surface area contributed by atoms with E-state index in [2.05, 4.69) is 22.5 Å². The fourth-order valence-electron chi connectivity index (χ4n) is 3.80. The SMILES string of the molecule is Cc1ccc(CN)cc1C(=O)NC(C)c1cc(-c2cnn(C)c2)cc(-c2ccc(C(N)=O)s2)c1. The lowest BCUT2D eigenvalue weighted by Crippen LogP contribution is -2.27. The summed E-state index contributed by atoms with van der Waals surface area (Å²) in [4.78, 5) is 26.1. The lowest BCUT2D eigenvalue weighted by Gasteiger charge is -2.18. The third-order valence-corrected chi connectivity index (χ3v) is 6.91. The Balaban J connectivity index is 1.71. The number of aryl methyl sites for hydroxylation is 2. The van der Waals surface area contributed by atoms with Crippen LogP contribution in [0.5, 0.6) is 0 Å². The van der Waals surface area contributed by atoms with Crippen LogP contribution in [0, 0.1) is 6.92 Å². The van der Waals surface area contributed by atoms with E-state index in [-0.39, 0.29) is 11.9 Å². The molecule has 1 atom stereocenters. The number of carbonyl (C=O) groups is 2. The van der Waals surface area contributed by atoms with Gasteiger partial charge in [0, 0.05) is 35.8 Å². The van der Waals surface area contributed by atoms with Crippen LogP contribution in [0.25, 0.3) is 21.6 Å². The quantitative estimate of drug-likeness (QED) is 0.373. The number of hydrogen-bond acceptors (Lipinski definition) is 5. The van der Waals surface area contributed by atoms with E-state index in [1.807, 2.05) is 57.4 Å². The molecule has 0 aliphatic rings. The second-order valence-electron chi connectivity index (χ2n) is 8.32. The summed E-state index contributed by atoms with van der Waals surface area (Å²) in [5.41, 5.74) is 17.4. The molecule has 8 heteroatoms. The van der Waals surface area contributed by atoms with E-state index in [0.29, 0.717) is 17.0 Å². The second kappa shape index (κ2) is 9.62. The molecule has 7 nitrogen and oxygen atoms in total. The number of nitrogens with zero attached hydrogens (tertiary/aromatic N) is 2. The number of carbonyl (C=O) groups excluding carboxylic acids is 2. The van der Waals surface area contributed by atoms with Gasteiger partial charge in [-0.3, -0.25) is 14.3 Å². The van der Waals surface area contributed by atoms with Gasteiger partial charge >= 0.3 is 0 Å². The van der Waals surface area contributed by atoms with E-state index in [1.54, 1.807) is 16.9 Å². The Hall–Kier alpha value is -3.75. The average Bonchev–Trinajstić information content (AvgIpc) is 3.49. The molecule has 0 radical (unpaired) electrons. The normalized spacial score (nSPS) is 11.9. The highest BCUT2D eigenvalue weighted by atomic mass is 32.1. The molecule has 0 saturated carbocycles. The molecule has 4 rings (SSSR count). The fraction of sp³-hybridized carbons (Fsp3) is 0.192. The molecular weight excluding hydrogens is 446 g/mol. The van der Waals surface area contributed by atoms with E-state index in [9.17, 15) is 9.59 Å². The molecule has 4 aromatic rings. The number of hydrogen-bond donors (Lipinski definition) is 3. The van der Waals surface area contributed by atoms with E-state index in [4.69, 9.17) is 11.5 Å². The summed E-state index contributed by atoms with van der Waals surface area (Å²) in [5, 5.41) is 7.41. The molecule has 174 valence electrons. The molecule has 2 amide bonds. The van der Waals surface area contributed by atoms with Gasteiger partial charge < -0.3 is 16.8 Å². The first kappa shape index (κ1) is 23.4. The molecule has 2 aromatic carbocycles. The van der Waals surface area contributed by atoms with E-state index in [1.165, 1.54) is 11.3 Å². The lowest BCUT2D eigenvalue weighted by atomic mass is 9.97. The molecule has 1 unspecified atom stereocenters. The smallest absolute Gasteiger partial charge is 0.258 e. The highest BCUT2D eigenvalue weighted by molar-refractivity contribution is 7.17. The second-order valence-corrected chi connectivity index (χ2v) is 9.41. The van der Waals surface area contributed by atoms with Gasteiger partial charge in [-0.25, -0.2) is 0 Å². The maximum atomic E-state index is 13.1. The number of amides is 2. The highest BCUT2D eigenvalue weighted by Crippen LogP contribution is 2.34. The Kier molecular flexibility index (Phi) is 6.63. The van der Waals surface area contributed by atoms with Crippen LogP contribution in [-0.2, 0) is 13.6 Å². The maximum absolute atomic E-state index is 13.1. The van der Waals surface area contributed by atoms with E-state index < -0.39 is 5.91 Å². The third kappa shape index (κ3) is 4.93. The minimum Gasteiger partial charge on any atom is -0.365 e. The first-order chi connectivity index (χ1) is 16.2. The predicted molar refractivity (Wildman–Crippen MR) is 135 cm³/mol. The summed E-state index contributed by atoms with van der Waals surface area (Å²) < 4.78 is 1.75. The largest absolute Gasteiger partial charge is 0.365 e. The Morgan fingerprint density at radius 3 is 2.50 bits per heavy atom. The Bertz CT molecular complexity index is 1370. The van der Waals surface area contributed by atoms with Crippen molar-refractivity contribution in [1.29, 1.82) is 0 Å². The standard InChI is InChI=1S/C26H27N5O2S/c1-15-4-5-17(12-27)8-22(15)26(33)30-16(2)18-9-19(21-13-29-31(3)14-21)11-20(10-18)23-6-7-24(34-23)25(28)32/h4-11,13-14,16H,12,27H2,1-3H3,(H2,28,32)(H,30,33). The molecule has 0 spiro atoms. The first-order valence-corrected chi connectivity index (χ1v) is 11.7. The summed E-state index contributed by atoms with van der Waals surface area (Å²) >= 11 is 1.35. The van der Waals surface area contributed by atoms with Gasteiger partial charge in [0.2, 0.25) is 0 Å². The maximum Gasteiger partial charge on any atom is 0.258 e. The van der Waals surface area contributed by atoms with Crippen LogP contribution in [0.3, 0.4) is 0 Å². The van der Waals surface area contributed by atoms with Crippen molar-refractivity contribution in [3.05, 3.63) is 88.1 Å². The van der Waals surface area contributed by atoms with Crippen molar-refractivity contribution < 1.29 is 9.59 Å². The summed E-state index contributed by atoms with van der Waals surface area (Å²) in [6.45, 7) is 4.24. The molecule has 0 aliphatic heterocycles. The van der Waals surface area contributed by atoms with Crippen LogP contribution in [0.4, 0.5) is 0 Å². The number of aromatic nitrogens is 2. The number of rotatable bonds is 7. The number of nitrogens with two attached hydrogens (primary N) is 2. The zero-order chi connectivity index (χ0) is 24.4. The average molecular weight is 474 g/mol. The van der Waals surface area contributed by atoms with Crippen LogP contribution < -0.4 is 16.8 Å². The van der Waals surface area contributed by atoms with Crippen LogP contribution in [0.2, 0.25) is 0 Å². The lowest BCUT2D eigenvalue weighted by molar-refractivity contribution is 0.0938. The number of nitrogens with one attached hydrogen (secondary N) is 1. The van der Waals surface area contributed by atoms with Crippen molar-refractivity contribution in [2.24, 2.45) is 18.5 Å².